The Kier molecular flexibility index (Phi) is 5.41. The van der Waals surface area contributed by atoms with Crippen molar-refractivity contribution in [3.63, 3.8) is 0 Å². The second-order valence-corrected chi connectivity index (χ2v) is 6.36. The van der Waals surface area contributed by atoms with Crippen molar-refractivity contribution >= 4 is 23.3 Å². The number of rotatable bonds is 5. The molecule has 0 aliphatic rings. The van der Waals surface area contributed by atoms with Gasteiger partial charge in [-0.05, 0) is 48.9 Å². The fourth-order valence-corrected chi connectivity index (χ4v) is 2.66. The first-order valence-electron chi connectivity index (χ1n) is 8.10. The minimum Gasteiger partial charge on any atom is -0.345 e. The number of nitrogens with zero attached hydrogens (tertiary/aromatic N) is 1. The summed E-state index contributed by atoms with van der Waals surface area (Å²) in [4.78, 5) is 12.1. The molecule has 2 aromatic carbocycles. The molecule has 1 aromatic heterocycles. The Hall–Kier alpha value is -2.72. The zero-order chi connectivity index (χ0) is 17.6. The van der Waals surface area contributed by atoms with Crippen LogP contribution in [0.2, 0.25) is 5.02 Å². The van der Waals surface area contributed by atoms with Gasteiger partial charge in [-0.15, -0.1) is 0 Å². The molecule has 2 amide bonds. The van der Waals surface area contributed by atoms with Gasteiger partial charge in [0, 0.05) is 29.1 Å². The zero-order valence-electron chi connectivity index (χ0n) is 14.0. The number of urea groups is 1. The van der Waals surface area contributed by atoms with Crippen molar-refractivity contribution in [2.75, 3.05) is 5.32 Å². The van der Waals surface area contributed by atoms with Gasteiger partial charge >= 0.3 is 6.03 Å². The lowest BCUT2D eigenvalue weighted by Gasteiger charge is -2.11. The summed E-state index contributed by atoms with van der Waals surface area (Å²) in [6.07, 6.45) is 2.00. The van der Waals surface area contributed by atoms with Crippen molar-refractivity contribution in [2.45, 2.75) is 20.0 Å². The first-order chi connectivity index (χ1) is 12.1. The smallest absolute Gasteiger partial charge is 0.319 e. The van der Waals surface area contributed by atoms with Crippen LogP contribution in [0, 0.1) is 6.92 Å². The highest BCUT2D eigenvalue weighted by Gasteiger charge is 2.05. The standard InChI is InChI=1S/C20H20ClN3O/c1-15-4-10-18(11-5-15)23-20(25)22-13-19-3-2-12-24(19)14-16-6-8-17(21)9-7-16/h2-12H,13-14H2,1H3,(H2,22,23,25). The van der Waals surface area contributed by atoms with Crippen molar-refractivity contribution in [2.24, 2.45) is 0 Å². The average molecular weight is 354 g/mol. The van der Waals surface area contributed by atoms with Crippen LogP contribution in [0.25, 0.3) is 0 Å². The van der Waals surface area contributed by atoms with Gasteiger partial charge in [0.15, 0.2) is 0 Å². The zero-order valence-corrected chi connectivity index (χ0v) is 14.8. The lowest BCUT2D eigenvalue weighted by atomic mass is 10.2. The summed E-state index contributed by atoms with van der Waals surface area (Å²) in [5, 5.41) is 6.45. The highest BCUT2D eigenvalue weighted by atomic mass is 35.5. The summed E-state index contributed by atoms with van der Waals surface area (Å²) in [7, 11) is 0. The first-order valence-corrected chi connectivity index (χ1v) is 8.48. The van der Waals surface area contributed by atoms with Crippen molar-refractivity contribution in [3.05, 3.63) is 88.7 Å². The van der Waals surface area contributed by atoms with Crippen LogP contribution in [-0.2, 0) is 13.1 Å². The fourth-order valence-electron chi connectivity index (χ4n) is 2.53. The number of amides is 2. The number of anilines is 1. The number of hydrogen-bond acceptors (Lipinski definition) is 1. The van der Waals surface area contributed by atoms with Gasteiger partial charge in [-0.2, -0.15) is 0 Å². The van der Waals surface area contributed by atoms with Gasteiger partial charge < -0.3 is 15.2 Å². The third kappa shape index (κ3) is 4.88. The third-order valence-electron chi connectivity index (χ3n) is 3.93. The van der Waals surface area contributed by atoms with E-state index in [4.69, 9.17) is 11.6 Å². The molecule has 4 nitrogen and oxygen atoms in total. The van der Waals surface area contributed by atoms with E-state index in [9.17, 15) is 4.79 Å². The Balaban J connectivity index is 1.56. The van der Waals surface area contributed by atoms with Gasteiger partial charge in [0.25, 0.3) is 0 Å². The Morgan fingerprint density at radius 3 is 2.48 bits per heavy atom. The van der Waals surface area contributed by atoms with E-state index in [0.29, 0.717) is 6.54 Å². The lowest BCUT2D eigenvalue weighted by molar-refractivity contribution is 0.251. The summed E-state index contributed by atoms with van der Waals surface area (Å²) in [6, 6.07) is 19.2. The molecule has 0 aliphatic heterocycles. The van der Waals surface area contributed by atoms with Crippen molar-refractivity contribution < 1.29 is 4.79 Å². The second-order valence-electron chi connectivity index (χ2n) is 5.93. The minimum absolute atomic E-state index is 0.219. The van der Waals surface area contributed by atoms with Gasteiger partial charge in [0.05, 0.1) is 6.54 Å². The highest BCUT2D eigenvalue weighted by Crippen LogP contribution is 2.13. The molecule has 0 saturated carbocycles. The molecule has 0 fully saturated rings. The highest BCUT2D eigenvalue weighted by molar-refractivity contribution is 6.30. The molecule has 0 radical (unpaired) electrons. The Morgan fingerprint density at radius 2 is 1.76 bits per heavy atom. The molecule has 0 atom stereocenters. The number of aryl methyl sites for hydroxylation is 1. The molecule has 3 aromatic rings. The van der Waals surface area contributed by atoms with Crippen molar-refractivity contribution in [3.8, 4) is 0 Å². The first kappa shape index (κ1) is 17.1. The maximum atomic E-state index is 12.1. The van der Waals surface area contributed by atoms with E-state index in [-0.39, 0.29) is 6.03 Å². The van der Waals surface area contributed by atoms with Crippen LogP contribution in [0.4, 0.5) is 10.5 Å². The quantitative estimate of drug-likeness (QED) is 0.678. The van der Waals surface area contributed by atoms with Gasteiger partial charge in [-0.1, -0.05) is 41.4 Å². The number of halogens is 1. The number of nitrogens with one attached hydrogen (secondary N) is 2. The molecule has 0 spiro atoms. The van der Waals surface area contributed by atoms with Crippen LogP contribution in [0.1, 0.15) is 16.8 Å². The maximum absolute atomic E-state index is 12.1. The van der Waals surface area contributed by atoms with Gasteiger partial charge in [-0.3, -0.25) is 0 Å². The summed E-state index contributed by atoms with van der Waals surface area (Å²) in [6.45, 7) is 3.21. The van der Waals surface area contributed by atoms with Crippen molar-refractivity contribution in [1.29, 1.82) is 0 Å². The van der Waals surface area contributed by atoms with Gasteiger partial charge in [0.1, 0.15) is 0 Å². The molecule has 1 heterocycles. The molecular weight excluding hydrogens is 334 g/mol. The van der Waals surface area contributed by atoms with Crippen LogP contribution in [-0.4, -0.2) is 10.6 Å². The fraction of sp³-hybridized carbons (Fsp3) is 0.150. The van der Waals surface area contributed by atoms with Crippen LogP contribution < -0.4 is 10.6 Å². The van der Waals surface area contributed by atoms with E-state index in [1.54, 1.807) is 0 Å². The van der Waals surface area contributed by atoms with Crippen LogP contribution >= 0.6 is 11.6 Å². The molecular formula is C20H20ClN3O. The molecule has 0 bridgehead atoms. The number of carbonyl (C=O) groups is 1. The number of carbonyl (C=O) groups excluding carboxylic acids is 1. The summed E-state index contributed by atoms with van der Waals surface area (Å²) >= 11 is 5.92. The number of aromatic nitrogens is 1. The second kappa shape index (κ2) is 7.90. The van der Waals surface area contributed by atoms with Crippen LogP contribution in [0.3, 0.4) is 0 Å². The van der Waals surface area contributed by atoms with Gasteiger partial charge in [-0.25, -0.2) is 4.79 Å². The van der Waals surface area contributed by atoms with Crippen LogP contribution in [0.15, 0.2) is 66.9 Å². The molecule has 2 N–H and O–H groups in total. The Labute approximate surface area is 152 Å². The normalized spacial score (nSPS) is 10.5. The molecule has 25 heavy (non-hydrogen) atoms. The average Bonchev–Trinajstić information content (AvgIpc) is 3.04. The minimum atomic E-state index is -0.219. The molecule has 128 valence electrons. The summed E-state index contributed by atoms with van der Waals surface area (Å²) in [5.41, 5.74) is 4.13. The van der Waals surface area contributed by atoms with Gasteiger partial charge in [0.2, 0.25) is 0 Å². The molecule has 0 saturated heterocycles. The van der Waals surface area contributed by atoms with E-state index in [1.165, 1.54) is 0 Å². The number of hydrogen-bond donors (Lipinski definition) is 2. The molecule has 0 unspecified atom stereocenters. The van der Waals surface area contributed by atoms with E-state index in [1.807, 2.05) is 73.8 Å². The third-order valence-corrected chi connectivity index (χ3v) is 4.18. The predicted molar refractivity (Wildman–Crippen MR) is 102 cm³/mol. The number of benzene rings is 2. The molecule has 0 aliphatic carbocycles. The van der Waals surface area contributed by atoms with E-state index < -0.39 is 0 Å². The molecule has 5 heteroatoms. The van der Waals surface area contributed by atoms with E-state index in [2.05, 4.69) is 15.2 Å². The van der Waals surface area contributed by atoms with Crippen molar-refractivity contribution in [1.82, 2.24) is 9.88 Å². The van der Waals surface area contributed by atoms with E-state index >= 15 is 0 Å². The Bertz CT molecular complexity index is 838. The largest absolute Gasteiger partial charge is 0.345 e. The summed E-state index contributed by atoms with van der Waals surface area (Å²) in [5.74, 6) is 0. The predicted octanol–water partition coefficient (Wildman–Crippen LogP) is 4.82. The topological polar surface area (TPSA) is 46.1 Å². The summed E-state index contributed by atoms with van der Waals surface area (Å²) < 4.78 is 2.11. The van der Waals surface area contributed by atoms with E-state index in [0.717, 1.165) is 34.1 Å². The maximum Gasteiger partial charge on any atom is 0.319 e. The lowest BCUT2D eigenvalue weighted by Crippen LogP contribution is -2.29. The molecule has 3 rings (SSSR count). The Morgan fingerprint density at radius 1 is 1.04 bits per heavy atom. The van der Waals surface area contributed by atoms with Crippen LogP contribution in [0.5, 0.6) is 0 Å². The monoisotopic (exact) mass is 353 g/mol. The SMILES string of the molecule is Cc1ccc(NC(=O)NCc2cccn2Cc2ccc(Cl)cc2)cc1.